The number of rotatable bonds is 17. The molecule has 1 saturated heterocycles. The number of nitrogens with one attached hydrogen (secondary N) is 3. The number of carboxylic acids is 1. The number of aliphatic hydroxyl groups is 1. The number of aryl methyl sites for hydroxylation is 2. The normalized spacial score (nSPS) is 19.8. The van der Waals surface area contributed by atoms with Gasteiger partial charge in [0.15, 0.2) is 11.2 Å². The minimum atomic E-state index is -4.64. The largest absolute Gasteiger partial charge is 0.508 e. The van der Waals surface area contributed by atoms with Crippen molar-refractivity contribution in [2.24, 2.45) is 0 Å². The summed E-state index contributed by atoms with van der Waals surface area (Å²) in [6, 6.07) is 19.0. The van der Waals surface area contributed by atoms with Gasteiger partial charge in [0.2, 0.25) is 5.91 Å². The molecule has 0 bridgehead atoms. The summed E-state index contributed by atoms with van der Waals surface area (Å²) in [6.07, 6.45) is -1.21. The predicted molar refractivity (Wildman–Crippen MR) is 254 cm³/mol. The average Bonchev–Trinajstić information content (AvgIpc) is 3.84. The molecule has 23 heteroatoms. The average molecular weight is 1010 g/mol. The number of phenolic OH excluding ortho intramolecular Hbond substituents is 1. The highest BCUT2D eigenvalue weighted by Crippen LogP contribution is 2.45. The molecule has 7 N–H and O–H groups in total. The highest BCUT2D eigenvalue weighted by molar-refractivity contribution is 8.00. The van der Waals surface area contributed by atoms with E-state index in [-0.39, 0.29) is 88.0 Å². The van der Waals surface area contributed by atoms with E-state index in [2.05, 4.69) is 15.8 Å². The third kappa shape index (κ3) is 11.4. The van der Waals surface area contributed by atoms with Gasteiger partial charge in [0.05, 0.1) is 30.1 Å². The number of benzene rings is 4. The van der Waals surface area contributed by atoms with Crippen molar-refractivity contribution in [2.45, 2.75) is 68.6 Å². The van der Waals surface area contributed by atoms with Gasteiger partial charge in [0, 0.05) is 71.0 Å². The maximum absolute atomic E-state index is 13.3. The number of phenols is 1. The van der Waals surface area contributed by atoms with Gasteiger partial charge in [-0.15, -0.1) is 11.8 Å². The molecule has 370 valence electrons. The van der Waals surface area contributed by atoms with E-state index in [0.29, 0.717) is 34.9 Å². The number of carbonyl (C=O) groups is 5. The Morgan fingerprint density at radius 1 is 0.944 bits per heavy atom. The first-order valence-electron chi connectivity index (χ1n) is 22.1. The molecule has 2 fully saturated rings. The van der Waals surface area contributed by atoms with Crippen LogP contribution in [0.1, 0.15) is 75.2 Å². The Morgan fingerprint density at radius 3 is 2.48 bits per heavy atom. The van der Waals surface area contributed by atoms with Crippen LogP contribution in [-0.2, 0) is 39.2 Å². The molecule has 1 aromatic heterocycles. The van der Waals surface area contributed by atoms with Gasteiger partial charge in [-0.25, -0.2) is 14.2 Å². The van der Waals surface area contributed by atoms with Gasteiger partial charge in [-0.2, -0.15) is 0 Å². The first kappa shape index (κ1) is 50.4. The lowest BCUT2D eigenvalue weighted by Gasteiger charge is -2.18. The van der Waals surface area contributed by atoms with Gasteiger partial charge in [-0.1, -0.05) is 24.3 Å². The van der Waals surface area contributed by atoms with Crippen LogP contribution in [0, 0.1) is 6.92 Å². The summed E-state index contributed by atoms with van der Waals surface area (Å²) in [5.74, 6) is -4.06. The number of H-pyrrole nitrogens is 1. The minimum absolute atomic E-state index is 0.00651. The summed E-state index contributed by atoms with van der Waals surface area (Å²) >= 11 is 1.09. The van der Waals surface area contributed by atoms with Crippen LogP contribution in [-0.4, -0.2) is 95.5 Å². The van der Waals surface area contributed by atoms with Crippen molar-refractivity contribution in [3.63, 3.8) is 0 Å². The molecule has 0 radical (unpaired) electrons. The number of carbonyl (C=O) groups excluding carboxylic acids is 4. The Balaban J connectivity index is 0.782. The molecule has 71 heavy (non-hydrogen) atoms. The number of fused-ring (bicyclic) bond motifs is 2. The van der Waals surface area contributed by atoms with E-state index in [1.807, 2.05) is 0 Å². The summed E-state index contributed by atoms with van der Waals surface area (Å²) in [4.78, 5) is 113. The SMILES string of the molecule is Cc1cn([C@H]2C[C@@H](O)[C@@H](COP(=O)(O)OCCSC3CC(=O)C(c4ccc(CCCC(=O)NNC(=O)c5ccc(C(=O)O)c(-c6c7ccc(=O)cc-7oc7cc(O)ccc67)c5)cc4)C3=O)O2)c(=O)[nH]c1=O. The third-order valence-corrected chi connectivity index (χ3v) is 14.2. The lowest BCUT2D eigenvalue weighted by molar-refractivity contribution is -0.124. The molecule has 1 saturated carbocycles. The molecule has 6 atom stereocenters. The maximum Gasteiger partial charge on any atom is 0.472 e. The molecule has 3 heterocycles. The van der Waals surface area contributed by atoms with Crippen LogP contribution in [0.15, 0.2) is 104 Å². The van der Waals surface area contributed by atoms with Crippen LogP contribution in [0.5, 0.6) is 5.75 Å². The first-order valence-corrected chi connectivity index (χ1v) is 24.6. The van der Waals surface area contributed by atoms with Gasteiger partial charge in [0.25, 0.3) is 11.5 Å². The summed E-state index contributed by atoms with van der Waals surface area (Å²) in [6.45, 7) is 0.631. The van der Waals surface area contributed by atoms with Crippen LogP contribution in [0.2, 0.25) is 0 Å². The summed E-state index contributed by atoms with van der Waals surface area (Å²) in [5, 5.41) is 30.3. The second-order valence-corrected chi connectivity index (χ2v) is 19.6. The van der Waals surface area contributed by atoms with Gasteiger partial charge >= 0.3 is 19.5 Å². The fourth-order valence-electron chi connectivity index (χ4n) is 8.44. The van der Waals surface area contributed by atoms with E-state index in [1.165, 1.54) is 67.7 Å². The standard InChI is InChI=1S/C48H45N4O17PS/c1-24-22-52(48(63)49-45(24)59)41-21-34(55)38(69-41)23-67-70(64,65)66-15-16-71-39-20-35(56)42(44(39)58)26-7-5-25(6-8-26)3-2-4-40(57)50-51-46(60)27-9-12-30(47(61)62)33(17-27)43-31-13-10-28(53)18-36(31)68-37-19-29(54)11-14-32(37)43/h5-14,17-19,22,34,38-39,41-42,53,55H,2-4,15-16,20-21,23H2,1H3,(H,50,57)(H,51,60)(H,61,62)(H,64,65)(H,49,59,63)/t34-,38-,39?,41-,42?/m1/s1. The number of carboxylic acid groups (broad SMARTS) is 1. The number of hydrazine groups is 1. The highest BCUT2D eigenvalue weighted by atomic mass is 32.2. The quantitative estimate of drug-likeness (QED) is 0.0222. The van der Waals surface area contributed by atoms with Crippen LogP contribution in [0.25, 0.3) is 33.4 Å². The molecule has 0 spiro atoms. The zero-order valence-electron chi connectivity index (χ0n) is 37.5. The van der Waals surface area contributed by atoms with Gasteiger partial charge in [-0.3, -0.25) is 58.2 Å². The number of aliphatic hydroxyl groups excluding tert-OH is 1. The number of nitrogens with zero attached hydrogens (tertiary/aromatic N) is 1. The molecule has 4 aromatic rings. The Morgan fingerprint density at radius 2 is 1.72 bits per heavy atom. The van der Waals surface area contributed by atoms with Crippen molar-refractivity contribution in [1.82, 2.24) is 20.4 Å². The van der Waals surface area contributed by atoms with Crippen molar-refractivity contribution in [3.8, 4) is 28.2 Å². The van der Waals surface area contributed by atoms with Crippen molar-refractivity contribution >= 4 is 59.9 Å². The van der Waals surface area contributed by atoms with E-state index in [4.69, 9.17) is 18.2 Å². The van der Waals surface area contributed by atoms with Crippen molar-refractivity contribution in [3.05, 3.63) is 144 Å². The Labute approximate surface area is 405 Å². The number of thioether (sulfide) groups is 1. The molecule has 3 unspecified atom stereocenters. The molecule has 2 amide bonds. The Kier molecular flexibility index (Phi) is 15.0. The second kappa shape index (κ2) is 21.1. The number of phosphoric acid groups is 1. The topological polar surface area (TPSA) is 320 Å². The van der Waals surface area contributed by atoms with Crippen molar-refractivity contribution in [1.29, 1.82) is 0 Å². The van der Waals surface area contributed by atoms with E-state index in [0.717, 1.165) is 21.9 Å². The van der Waals surface area contributed by atoms with E-state index in [9.17, 15) is 63.1 Å². The van der Waals surface area contributed by atoms with Gasteiger partial charge in [-0.05, 0) is 78.9 Å². The number of aromatic carboxylic acids is 1. The van der Waals surface area contributed by atoms with Crippen LogP contribution >= 0.6 is 19.6 Å². The first-order chi connectivity index (χ1) is 33.8. The molecule has 4 aliphatic rings. The third-order valence-electron chi connectivity index (χ3n) is 12.0. The number of aromatic nitrogens is 2. The zero-order chi connectivity index (χ0) is 50.7. The molecule has 2 aliphatic heterocycles. The minimum Gasteiger partial charge on any atom is -0.508 e. The molecule has 8 rings (SSSR count). The molecule has 21 nitrogen and oxygen atoms in total. The number of aromatic amines is 1. The fraction of sp³-hybridized carbons (Fsp3) is 0.292. The number of ketones is 2. The van der Waals surface area contributed by atoms with E-state index >= 15 is 0 Å². The van der Waals surface area contributed by atoms with Crippen LogP contribution in [0.4, 0.5) is 0 Å². The molecular weight excluding hydrogens is 968 g/mol. The van der Waals surface area contributed by atoms with Crippen LogP contribution in [0.3, 0.4) is 0 Å². The fourth-order valence-corrected chi connectivity index (χ4v) is 10.3. The molecular formula is C48H45N4O17PS. The molecule has 2 aliphatic carbocycles. The number of hydrogen-bond acceptors (Lipinski definition) is 16. The maximum atomic E-state index is 13.3. The summed E-state index contributed by atoms with van der Waals surface area (Å²) in [7, 11) is -4.64. The number of phosphoric ester groups is 1. The summed E-state index contributed by atoms with van der Waals surface area (Å²) < 4.78 is 35.2. The highest BCUT2D eigenvalue weighted by Gasteiger charge is 2.42. The predicted octanol–water partition coefficient (Wildman–Crippen LogP) is 4.12. The monoisotopic (exact) mass is 1010 g/mol. The molecule has 3 aromatic carbocycles. The van der Waals surface area contributed by atoms with Crippen LogP contribution < -0.4 is 27.5 Å². The second-order valence-electron chi connectivity index (χ2n) is 16.9. The number of amides is 2. The van der Waals surface area contributed by atoms with Crippen molar-refractivity contribution < 1.29 is 67.0 Å². The number of hydrogen-bond donors (Lipinski definition) is 7. The lowest BCUT2D eigenvalue weighted by atomic mass is 9.89. The Hall–Kier alpha value is -7.04. The Bertz CT molecular complexity index is 3280. The van der Waals surface area contributed by atoms with Gasteiger partial charge in [0.1, 0.15) is 41.1 Å². The summed E-state index contributed by atoms with van der Waals surface area (Å²) in [5.41, 5.74) is 5.47. The van der Waals surface area contributed by atoms with Crippen molar-refractivity contribution in [2.75, 3.05) is 19.0 Å². The smallest absolute Gasteiger partial charge is 0.472 e. The van der Waals surface area contributed by atoms with E-state index in [1.54, 1.807) is 24.3 Å². The van der Waals surface area contributed by atoms with Gasteiger partial charge < -0.3 is 29.4 Å². The zero-order valence-corrected chi connectivity index (χ0v) is 39.2. The van der Waals surface area contributed by atoms with E-state index < -0.39 is 73.1 Å². The number of aromatic hydroxyl groups is 1. The number of ether oxygens (including phenoxy) is 1. The number of Topliss-reactive ketones (excluding diaryl/α,β-unsaturated/α-hetero) is 2. The lowest BCUT2D eigenvalue weighted by Crippen LogP contribution is -2.41.